The van der Waals surface area contributed by atoms with Gasteiger partial charge in [0.1, 0.15) is 0 Å². The lowest BCUT2D eigenvalue weighted by atomic mass is 10.2. The predicted octanol–water partition coefficient (Wildman–Crippen LogP) is 1.58. The highest BCUT2D eigenvalue weighted by atomic mass is 16.6. The summed E-state index contributed by atoms with van der Waals surface area (Å²) in [5.74, 6) is 1.12. The van der Waals surface area contributed by atoms with Crippen molar-refractivity contribution >= 4 is 5.69 Å². The minimum atomic E-state index is -0.418. The van der Waals surface area contributed by atoms with Crippen LogP contribution in [-0.4, -0.2) is 15.1 Å². The van der Waals surface area contributed by atoms with E-state index in [0.717, 1.165) is 5.56 Å². The molecule has 0 saturated carbocycles. The van der Waals surface area contributed by atoms with Gasteiger partial charge in [0.2, 0.25) is 5.89 Å². The predicted molar refractivity (Wildman–Crippen MR) is 62.7 cm³/mol. The zero-order valence-electron chi connectivity index (χ0n) is 9.79. The summed E-state index contributed by atoms with van der Waals surface area (Å²) in [5, 5.41) is 17.3. The molecule has 2 rings (SSSR count). The van der Waals surface area contributed by atoms with Gasteiger partial charge < -0.3 is 9.84 Å². The van der Waals surface area contributed by atoms with Crippen molar-refractivity contribution in [3.8, 4) is 0 Å². The molecule has 94 valence electrons. The molecule has 7 nitrogen and oxygen atoms in total. The maximum Gasteiger partial charge on any atom is 0.269 e. The quantitative estimate of drug-likeness (QED) is 0.637. The molecule has 0 aliphatic carbocycles. The number of nitro groups is 1. The fourth-order valence-electron chi connectivity index (χ4n) is 1.46. The summed E-state index contributed by atoms with van der Waals surface area (Å²) in [7, 11) is 0. The van der Waals surface area contributed by atoms with Gasteiger partial charge in [-0.15, -0.1) is 0 Å². The van der Waals surface area contributed by atoms with E-state index >= 15 is 0 Å². The number of non-ortho nitro benzene ring substituents is 1. The zero-order valence-corrected chi connectivity index (χ0v) is 9.79. The first kappa shape index (κ1) is 12.2. The molecule has 18 heavy (non-hydrogen) atoms. The second-order valence-electron chi connectivity index (χ2n) is 3.76. The third-order valence-corrected chi connectivity index (χ3v) is 2.32. The second kappa shape index (κ2) is 5.37. The first-order valence-electron chi connectivity index (χ1n) is 5.38. The van der Waals surface area contributed by atoms with E-state index in [4.69, 9.17) is 4.52 Å². The van der Waals surface area contributed by atoms with Gasteiger partial charge in [0.15, 0.2) is 5.82 Å². The topological polar surface area (TPSA) is 94.1 Å². The number of hydrogen-bond donors (Lipinski definition) is 1. The van der Waals surface area contributed by atoms with Crippen LogP contribution in [0.5, 0.6) is 0 Å². The molecule has 0 fully saturated rings. The normalized spacial score (nSPS) is 10.5. The van der Waals surface area contributed by atoms with Crippen LogP contribution in [0, 0.1) is 17.0 Å². The molecule has 1 heterocycles. The fourth-order valence-corrected chi connectivity index (χ4v) is 1.46. The molecule has 0 aliphatic heterocycles. The largest absolute Gasteiger partial charge is 0.338 e. The van der Waals surface area contributed by atoms with Crippen molar-refractivity contribution in [1.82, 2.24) is 15.5 Å². The highest BCUT2D eigenvalue weighted by Crippen LogP contribution is 2.11. The summed E-state index contributed by atoms with van der Waals surface area (Å²) < 4.78 is 4.94. The highest BCUT2D eigenvalue weighted by Gasteiger charge is 2.04. The Bertz CT molecular complexity index is 535. The molecule has 1 N–H and O–H groups in total. The number of hydrogen-bond acceptors (Lipinski definition) is 6. The van der Waals surface area contributed by atoms with Gasteiger partial charge >= 0.3 is 0 Å². The maximum atomic E-state index is 10.5. The highest BCUT2D eigenvalue weighted by molar-refractivity contribution is 5.32. The lowest BCUT2D eigenvalue weighted by Crippen LogP contribution is -2.12. The summed E-state index contributed by atoms with van der Waals surface area (Å²) in [6.45, 7) is 2.81. The van der Waals surface area contributed by atoms with E-state index in [1.807, 2.05) is 0 Å². The van der Waals surface area contributed by atoms with Crippen molar-refractivity contribution in [2.45, 2.75) is 20.0 Å². The molecule has 0 aliphatic rings. The summed E-state index contributed by atoms with van der Waals surface area (Å²) >= 11 is 0. The first-order valence-corrected chi connectivity index (χ1v) is 5.38. The van der Waals surface area contributed by atoms with E-state index < -0.39 is 4.92 Å². The number of benzene rings is 1. The van der Waals surface area contributed by atoms with Crippen LogP contribution in [0.4, 0.5) is 5.69 Å². The smallest absolute Gasteiger partial charge is 0.269 e. The Morgan fingerprint density at radius 2 is 2.06 bits per heavy atom. The summed E-state index contributed by atoms with van der Waals surface area (Å²) in [6.07, 6.45) is 0. The van der Waals surface area contributed by atoms with Crippen LogP contribution in [-0.2, 0) is 13.1 Å². The van der Waals surface area contributed by atoms with Gasteiger partial charge in [-0.05, 0) is 12.5 Å². The van der Waals surface area contributed by atoms with Gasteiger partial charge in [-0.1, -0.05) is 17.3 Å². The Hall–Kier alpha value is -2.28. The van der Waals surface area contributed by atoms with Crippen molar-refractivity contribution in [2.24, 2.45) is 0 Å². The van der Waals surface area contributed by atoms with E-state index in [2.05, 4.69) is 15.5 Å². The standard InChI is InChI=1S/C11H12N4O3/c1-8-13-11(18-14-8)7-12-6-9-2-4-10(5-3-9)15(16)17/h2-5,12H,6-7H2,1H3. The average Bonchev–Trinajstić information content (AvgIpc) is 2.76. The molecule has 0 atom stereocenters. The number of aromatic nitrogens is 2. The minimum Gasteiger partial charge on any atom is -0.338 e. The van der Waals surface area contributed by atoms with Gasteiger partial charge in [0.25, 0.3) is 5.69 Å². The fraction of sp³-hybridized carbons (Fsp3) is 0.273. The average molecular weight is 248 g/mol. The van der Waals surface area contributed by atoms with Crippen LogP contribution in [0.25, 0.3) is 0 Å². The Morgan fingerprint density at radius 1 is 1.33 bits per heavy atom. The first-order chi connectivity index (χ1) is 8.65. The van der Waals surface area contributed by atoms with E-state index in [-0.39, 0.29) is 5.69 Å². The number of nitrogens with one attached hydrogen (secondary N) is 1. The van der Waals surface area contributed by atoms with Crippen molar-refractivity contribution in [2.75, 3.05) is 0 Å². The van der Waals surface area contributed by atoms with Crippen molar-refractivity contribution in [1.29, 1.82) is 0 Å². The maximum absolute atomic E-state index is 10.5. The van der Waals surface area contributed by atoms with Crippen LogP contribution in [0.2, 0.25) is 0 Å². The van der Waals surface area contributed by atoms with Crippen LogP contribution < -0.4 is 5.32 Å². The third kappa shape index (κ3) is 3.11. The second-order valence-corrected chi connectivity index (χ2v) is 3.76. The van der Waals surface area contributed by atoms with Crippen LogP contribution in [0.1, 0.15) is 17.3 Å². The van der Waals surface area contributed by atoms with Crippen molar-refractivity contribution in [3.05, 3.63) is 51.7 Å². The molecule has 2 aromatic rings. The Balaban J connectivity index is 1.85. The minimum absolute atomic E-state index is 0.0891. The zero-order chi connectivity index (χ0) is 13.0. The Labute approximate surface area is 103 Å². The molecular formula is C11H12N4O3. The molecule has 0 saturated heterocycles. The van der Waals surface area contributed by atoms with Gasteiger partial charge in [0.05, 0.1) is 11.5 Å². The van der Waals surface area contributed by atoms with Crippen molar-refractivity contribution < 1.29 is 9.45 Å². The molecule has 0 unspecified atom stereocenters. The van der Waals surface area contributed by atoms with Crippen LogP contribution in [0.15, 0.2) is 28.8 Å². The molecule has 7 heteroatoms. The van der Waals surface area contributed by atoms with E-state index in [0.29, 0.717) is 24.8 Å². The van der Waals surface area contributed by atoms with Gasteiger partial charge in [-0.3, -0.25) is 10.1 Å². The Morgan fingerprint density at radius 3 is 2.61 bits per heavy atom. The lowest BCUT2D eigenvalue weighted by molar-refractivity contribution is -0.384. The van der Waals surface area contributed by atoms with Gasteiger partial charge in [0, 0.05) is 18.7 Å². The molecule has 0 amide bonds. The molecule has 0 radical (unpaired) electrons. The number of nitrogens with zero attached hydrogens (tertiary/aromatic N) is 3. The number of nitro benzene ring substituents is 1. The van der Waals surface area contributed by atoms with E-state index in [1.54, 1.807) is 19.1 Å². The molecule has 1 aromatic carbocycles. The summed E-state index contributed by atoms with van der Waals surface area (Å²) in [4.78, 5) is 14.1. The van der Waals surface area contributed by atoms with E-state index in [1.165, 1.54) is 12.1 Å². The van der Waals surface area contributed by atoms with Gasteiger partial charge in [-0.25, -0.2) is 0 Å². The summed E-state index contributed by atoms with van der Waals surface area (Å²) in [5.41, 5.74) is 1.04. The van der Waals surface area contributed by atoms with Crippen molar-refractivity contribution in [3.63, 3.8) is 0 Å². The molecule has 0 bridgehead atoms. The molecule has 1 aromatic heterocycles. The van der Waals surface area contributed by atoms with Gasteiger partial charge in [-0.2, -0.15) is 4.98 Å². The SMILES string of the molecule is Cc1noc(CNCc2ccc([N+](=O)[O-])cc2)n1. The Kier molecular flexibility index (Phi) is 3.63. The molecular weight excluding hydrogens is 236 g/mol. The summed E-state index contributed by atoms with van der Waals surface area (Å²) in [6, 6.07) is 6.39. The van der Waals surface area contributed by atoms with Crippen LogP contribution in [0.3, 0.4) is 0 Å². The lowest BCUT2D eigenvalue weighted by Gasteiger charge is -2.01. The monoisotopic (exact) mass is 248 g/mol. The van der Waals surface area contributed by atoms with E-state index in [9.17, 15) is 10.1 Å². The van der Waals surface area contributed by atoms with Crippen LogP contribution >= 0.6 is 0 Å². The molecule has 0 spiro atoms. The third-order valence-electron chi connectivity index (χ3n) is 2.32. The number of rotatable bonds is 5. The number of aryl methyl sites for hydroxylation is 1.